The molecule has 0 atom stereocenters. The minimum Gasteiger partial charge on any atom is -0.438 e. The molecule has 0 spiro atoms. The minimum atomic E-state index is -0.451. The molecule has 7 heteroatoms. The lowest BCUT2D eigenvalue weighted by Gasteiger charge is -2.08. The van der Waals surface area contributed by atoms with Gasteiger partial charge in [0.1, 0.15) is 0 Å². The van der Waals surface area contributed by atoms with E-state index in [2.05, 4.69) is 15.5 Å². The topological polar surface area (TPSA) is 114 Å². The van der Waals surface area contributed by atoms with Crippen molar-refractivity contribution in [1.29, 1.82) is 0 Å². The van der Waals surface area contributed by atoms with E-state index in [1.807, 2.05) is 0 Å². The van der Waals surface area contributed by atoms with Crippen molar-refractivity contribution < 1.29 is 14.4 Å². The van der Waals surface area contributed by atoms with Gasteiger partial charge in [0.25, 0.3) is 5.91 Å². The van der Waals surface area contributed by atoms with E-state index in [1.165, 1.54) is 6.39 Å². The zero-order valence-electron chi connectivity index (χ0n) is 10.1. The maximum absolute atomic E-state index is 12.0. The normalized spacial score (nSPS) is 11.3. The number of carbonyl (C=O) groups is 1. The SMILES string of the molecule is Cc1ncoc1C(=O)Nc1ccccc1/C(N)=N/O. The van der Waals surface area contributed by atoms with Crippen molar-refractivity contribution in [1.82, 2.24) is 4.98 Å². The highest BCUT2D eigenvalue weighted by Gasteiger charge is 2.16. The Bertz CT molecular complexity index is 633. The first-order valence-electron chi connectivity index (χ1n) is 5.42. The summed E-state index contributed by atoms with van der Waals surface area (Å²) >= 11 is 0. The monoisotopic (exact) mass is 260 g/mol. The van der Waals surface area contributed by atoms with Gasteiger partial charge in [-0.1, -0.05) is 17.3 Å². The molecule has 4 N–H and O–H groups in total. The van der Waals surface area contributed by atoms with Crippen LogP contribution in [0.15, 0.2) is 40.2 Å². The molecular weight excluding hydrogens is 248 g/mol. The highest BCUT2D eigenvalue weighted by molar-refractivity contribution is 6.09. The van der Waals surface area contributed by atoms with E-state index < -0.39 is 5.91 Å². The molecule has 0 fully saturated rings. The number of amidine groups is 1. The van der Waals surface area contributed by atoms with Crippen molar-refractivity contribution in [2.24, 2.45) is 10.9 Å². The van der Waals surface area contributed by atoms with E-state index in [4.69, 9.17) is 15.4 Å². The van der Waals surface area contributed by atoms with Gasteiger partial charge < -0.3 is 20.7 Å². The van der Waals surface area contributed by atoms with Crippen molar-refractivity contribution >= 4 is 17.4 Å². The summed E-state index contributed by atoms with van der Waals surface area (Å²) in [5.74, 6) is -0.423. The van der Waals surface area contributed by atoms with Gasteiger partial charge in [0, 0.05) is 5.56 Å². The zero-order valence-corrected chi connectivity index (χ0v) is 10.1. The third-order valence-corrected chi connectivity index (χ3v) is 2.51. The van der Waals surface area contributed by atoms with E-state index >= 15 is 0 Å². The number of rotatable bonds is 3. The number of nitrogens with one attached hydrogen (secondary N) is 1. The first-order valence-corrected chi connectivity index (χ1v) is 5.42. The van der Waals surface area contributed by atoms with Crippen LogP contribution in [0.3, 0.4) is 0 Å². The largest absolute Gasteiger partial charge is 0.438 e. The molecule has 1 aromatic carbocycles. The number of para-hydroxylation sites is 1. The molecule has 0 aliphatic rings. The number of benzene rings is 1. The maximum Gasteiger partial charge on any atom is 0.293 e. The first-order chi connectivity index (χ1) is 9.13. The van der Waals surface area contributed by atoms with Gasteiger partial charge >= 0.3 is 0 Å². The summed E-state index contributed by atoms with van der Waals surface area (Å²) in [7, 11) is 0. The highest BCUT2D eigenvalue weighted by atomic mass is 16.4. The number of oxime groups is 1. The lowest BCUT2D eigenvalue weighted by atomic mass is 10.1. The fourth-order valence-electron chi connectivity index (χ4n) is 1.57. The molecule has 0 saturated heterocycles. The number of nitrogens with two attached hydrogens (primary N) is 1. The number of aryl methyl sites for hydroxylation is 1. The first kappa shape index (κ1) is 12.6. The number of amides is 1. The fourth-order valence-corrected chi connectivity index (χ4v) is 1.57. The molecular formula is C12H12N4O3. The van der Waals surface area contributed by atoms with Crippen LogP contribution in [0.25, 0.3) is 0 Å². The van der Waals surface area contributed by atoms with Gasteiger partial charge in [0.05, 0.1) is 11.4 Å². The molecule has 1 heterocycles. The van der Waals surface area contributed by atoms with Crippen LogP contribution < -0.4 is 11.1 Å². The molecule has 7 nitrogen and oxygen atoms in total. The second-order valence-electron chi connectivity index (χ2n) is 3.75. The molecule has 0 saturated carbocycles. The molecule has 19 heavy (non-hydrogen) atoms. The Kier molecular flexibility index (Phi) is 3.46. The van der Waals surface area contributed by atoms with Crippen molar-refractivity contribution in [2.75, 3.05) is 5.32 Å². The molecule has 0 aliphatic heterocycles. The predicted octanol–water partition coefficient (Wildman–Crippen LogP) is 1.33. The summed E-state index contributed by atoms with van der Waals surface area (Å²) in [6.45, 7) is 1.66. The van der Waals surface area contributed by atoms with E-state index in [0.717, 1.165) is 0 Å². The number of hydrogen-bond acceptors (Lipinski definition) is 5. The molecule has 98 valence electrons. The molecule has 0 bridgehead atoms. The average Bonchev–Trinajstić information content (AvgIpc) is 2.85. The predicted molar refractivity (Wildman–Crippen MR) is 68.1 cm³/mol. The van der Waals surface area contributed by atoms with Crippen LogP contribution in [-0.2, 0) is 0 Å². The van der Waals surface area contributed by atoms with Gasteiger partial charge in [-0.15, -0.1) is 0 Å². The van der Waals surface area contributed by atoms with E-state index in [-0.39, 0.29) is 11.6 Å². The molecule has 0 radical (unpaired) electrons. The lowest BCUT2D eigenvalue weighted by molar-refractivity contribution is 0.0996. The van der Waals surface area contributed by atoms with Crippen LogP contribution in [-0.4, -0.2) is 21.9 Å². The smallest absolute Gasteiger partial charge is 0.293 e. The number of hydrogen-bond donors (Lipinski definition) is 3. The average molecular weight is 260 g/mol. The quantitative estimate of drug-likeness (QED) is 0.333. The van der Waals surface area contributed by atoms with E-state index in [1.54, 1.807) is 31.2 Å². The molecule has 0 aliphatic carbocycles. The number of aromatic nitrogens is 1. The lowest BCUT2D eigenvalue weighted by Crippen LogP contribution is -2.19. The number of carbonyl (C=O) groups excluding carboxylic acids is 1. The Morgan fingerprint density at radius 3 is 2.84 bits per heavy atom. The second kappa shape index (κ2) is 5.21. The van der Waals surface area contributed by atoms with Crippen LogP contribution in [0.5, 0.6) is 0 Å². The van der Waals surface area contributed by atoms with Gasteiger partial charge in [0.2, 0.25) is 5.76 Å². The summed E-state index contributed by atoms with van der Waals surface area (Å²) in [5.41, 5.74) is 6.85. The molecule has 2 rings (SSSR count). The third kappa shape index (κ3) is 2.54. The van der Waals surface area contributed by atoms with Crippen molar-refractivity contribution in [2.45, 2.75) is 6.92 Å². The standard InChI is InChI=1S/C12H12N4O3/c1-7-10(19-6-14-7)12(17)15-9-5-3-2-4-8(9)11(13)16-18/h2-6,18H,1H3,(H2,13,16)(H,15,17). The van der Waals surface area contributed by atoms with Crippen molar-refractivity contribution in [3.05, 3.63) is 47.7 Å². The Morgan fingerprint density at radius 1 is 1.47 bits per heavy atom. The minimum absolute atomic E-state index is 0.0924. The van der Waals surface area contributed by atoms with Gasteiger partial charge in [-0.3, -0.25) is 4.79 Å². The fraction of sp³-hybridized carbons (Fsp3) is 0.0833. The molecule has 1 aromatic heterocycles. The summed E-state index contributed by atoms with van der Waals surface area (Å²) < 4.78 is 4.99. The molecule has 1 amide bonds. The zero-order chi connectivity index (χ0) is 13.8. The second-order valence-corrected chi connectivity index (χ2v) is 3.75. The van der Waals surface area contributed by atoms with E-state index in [0.29, 0.717) is 16.9 Å². The van der Waals surface area contributed by atoms with Crippen LogP contribution in [0.2, 0.25) is 0 Å². The van der Waals surface area contributed by atoms with Gasteiger partial charge in [-0.2, -0.15) is 0 Å². The van der Waals surface area contributed by atoms with Crippen LogP contribution in [0.4, 0.5) is 5.69 Å². The van der Waals surface area contributed by atoms with Gasteiger partial charge in [-0.25, -0.2) is 4.98 Å². The Balaban J connectivity index is 2.30. The van der Waals surface area contributed by atoms with Crippen LogP contribution in [0.1, 0.15) is 21.8 Å². The van der Waals surface area contributed by atoms with E-state index in [9.17, 15) is 4.79 Å². The third-order valence-electron chi connectivity index (χ3n) is 2.51. The maximum atomic E-state index is 12.0. The van der Waals surface area contributed by atoms with Gasteiger partial charge in [0.15, 0.2) is 12.2 Å². The summed E-state index contributed by atoms with van der Waals surface area (Å²) in [4.78, 5) is 15.8. The summed E-state index contributed by atoms with van der Waals surface area (Å²) in [6, 6.07) is 6.69. The summed E-state index contributed by atoms with van der Waals surface area (Å²) in [6.07, 6.45) is 1.19. The summed E-state index contributed by atoms with van der Waals surface area (Å²) in [5, 5.41) is 14.2. The Morgan fingerprint density at radius 2 is 2.21 bits per heavy atom. The van der Waals surface area contributed by atoms with Crippen LogP contribution in [0, 0.1) is 6.92 Å². The van der Waals surface area contributed by atoms with Crippen molar-refractivity contribution in [3.8, 4) is 0 Å². The number of anilines is 1. The molecule has 0 unspecified atom stereocenters. The Labute approximate surface area is 108 Å². The van der Waals surface area contributed by atoms with Crippen LogP contribution >= 0.6 is 0 Å². The molecule has 2 aromatic rings. The highest BCUT2D eigenvalue weighted by Crippen LogP contribution is 2.16. The number of nitrogens with zero attached hydrogens (tertiary/aromatic N) is 2. The van der Waals surface area contributed by atoms with Gasteiger partial charge in [-0.05, 0) is 19.1 Å². The number of oxazole rings is 1. The Hall–Kier alpha value is -2.83. The van der Waals surface area contributed by atoms with Crippen molar-refractivity contribution in [3.63, 3.8) is 0 Å².